The van der Waals surface area contributed by atoms with Crippen molar-refractivity contribution < 1.29 is 9.53 Å². The van der Waals surface area contributed by atoms with Gasteiger partial charge in [-0.15, -0.1) is 11.8 Å². The number of rotatable bonds is 6. The van der Waals surface area contributed by atoms with Gasteiger partial charge in [-0.3, -0.25) is 0 Å². The van der Waals surface area contributed by atoms with Crippen LogP contribution in [0.2, 0.25) is 0 Å². The van der Waals surface area contributed by atoms with Crippen molar-refractivity contribution in [1.82, 2.24) is 5.32 Å². The zero-order valence-electron chi connectivity index (χ0n) is 10.1. The van der Waals surface area contributed by atoms with E-state index in [-0.39, 0.29) is 5.97 Å². The molecule has 1 N–H and O–H groups in total. The zero-order valence-corrected chi connectivity index (χ0v) is 10.9. The number of nitrogens with one attached hydrogen (secondary N) is 1. The fraction of sp³-hybridized carbons (Fsp3) is 0.308. The number of esters is 1. The number of hydrogen-bond donors (Lipinski definition) is 1. The monoisotopic (exact) mass is 251 g/mol. The molecular formula is C13H17NO2S. The first-order valence-corrected chi connectivity index (χ1v) is 6.47. The van der Waals surface area contributed by atoms with Crippen LogP contribution in [-0.2, 0) is 9.53 Å². The lowest BCUT2D eigenvalue weighted by molar-refractivity contribution is -0.137. The topological polar surface area (TPSA) is 38.3 Å². The minimum Gasteiger partial charge on any atom is -0.463 e. The first-order chi connectivity index (χ1) is 8.26. The van der Waals surface area contributed by atoms with E-state index in [4.69, 9.17) is 4.74 Å². The average molecular weight is 251 g/mol. The predicted octanol–water partition coefficient (Wildman–Crippen LogP) is 2.45. The van der Waals surface area contributed by atoms with Gasteiger partial charge in [-0.2, -0.15) is 0 Å². The SMILES string of the molecule is CCOC(=O)C=C(CSc1ccccc1)NC. The van der Waals surface area contributed by atoms with Crippen LogP contribution in [0.3, 0.4) is 0 Å². The number of carbonyl (C=O) groups is 1. The Morgan fingerprint density at radius 1 is 1.41 bits per heavy atom. The van der Waals surface area contributed by atoms with Crippen LogP contribution in [0.5, 0.6) is 0 Å². The number of thioether (sulfide) groups is 1. The van der Waals surface area contributed by atoms with E-state index in [0.29, 0.717) is 6.61 Å². The fourth-order valence-corrected chi connectivity index (χ4v) is 2.09. The second-order valence-electron chi connectivity index (χ2n) is 3.27. The van der Waals surface area contributed by atoms with Crippen molar-refractivity contribution in [2.24, 2.45) is 0 Å². The summed E-state index contributed by atoms with van der Waals surface area (Å²) in [4.78, 5) is 12.5. The van der Waals surface area contributed by atoms with Gasteiger partial charge in [-0.1, -0.05) is 18.2 Å². The highest BCUT2D eigenvalue weighted by Crippen LogP contribution is 2.18. The fourth-order valence-electron chi connectivity index (χ4n) is 1.19. The molecule has 0 atom stereocenters. The van der Waals surface area contributed by atoms with E-state index in [2.05, 4.69) is 5.32 Å². The summed E-state index contributed by atoms with van der Waals surface area (Å²) in [7, 11) is 1.80. The van der Waals surface area contributed by atoms with Gasteiger partial charge < -0.3 is 10.1 Å². The smallest absolute Gasteiger partial charge is 0.332 e. The van der Waals surface area contributed by atoms with Crippen LogP contribution in [0.1, 0.15) is 6.92 Å². The van der Waals surface area contributed by atoms with Crippen LogP contribution < -0.4 is 5.32 Å². The van der Waals surface area contributed by atoms with Gasteiger partial charge in [-0.25, -0.2) is 4.79 Å². The first kappa shape index (κ1) is 13.6. The van der Waals surface area contributed by atoms with Gasteiger partial charge in [-0.05, 0) is 19.1 Å². The Labute approximate surface area is 106 Å². The maximum atomic E-state index is 11.3. The molecule has 4 heteroatoms. The molecule has 3 nitrogen and oxygen atoms in total. The van der Waals surface area contributed by atoms with Gasteiger partial charge in [0.25, 0.3) is 0 Å². The molecule has 92 valence electrons. The molecule has 1 aromatic rings. The Bertz CT molecular complexity index is 376. The van der Waals surface area contributed by atoms with Crippen LogP contribution in [0, 0.1) is 0 Å². The lowest BCUT2D eigenvalue weighted by Gasteiger charge is -2.06. The summed E-state index contributed by atoms with van der Waals surface area (Å²) in [5.74, 6) is 0.421. The van der Waals surface area contributed by atoms with Gasteiger partial charge in [0.05, 0.1) is 6.61 Å². The molecule has 0 bridgehead atoms. The van der Waals surface area contributed by atoms with Gasteiger partial charge >= 0.3 is 5.97 Å². The number of ether oxygens (including phenoxy) is 1. The molecule has 0 amide bonds. The summed E-state index contributed by atoms with van der Waals surface area (Å²) in [5, 5.41) is 3.00. The van der Waals surface area contributed by atoms with E-state index in [9.17, 15) is 4.79 Å². The summed E-state index contributed by atoms with van der Waals surface area (Å²) in [6, 6.07) is 10.1. The van der Waals surface area contributed by atoms with Crippen LogP contribution in [-0.4, -0.2) is 25.4 Å². The molecule has 0 fully saturated rings. The lowest BCUT2D eigenvalue weighted by Crippen LogP contribution is -2.12. The maximum absolute atomic E-state index is 11.3. The summed E-state index contributed by atoms with van der Waals surface area (Å²) in [6.45, 7) is 2.20. The van der Waals surface area contributed by atoms with Crippen molar-refractivity contribution in [3.8, 4) is 0 Å². The van der Waals surface area contributed by atoms with Crippen molar-refractivity contribution in [3.63, 3.8) is 0 Å². The zero-order chi connectivity index (χ0) is 12.5. The number of carbonyl (C=O) groups excluding carboxylic acids is 1. The highest BCUT2D eigenvalue weighted by Gasteiger charge is 2.02. The lowest BCUT2D eigenvalue weighted by atomic mass is 10.4. The van der Waals surface area contributed by atoms with E-state index in [1.165, 1.54) is 11.0 Å². The van der Waals surface area contributed by atoms with E-state index < -0.39 is 0 Å². The Kier molecular flexibility index (Phi) is 6.25. The molecule has 0 saturated heterocycles. The largest absolute Gasteiger partial charge is 0.463 e. The minimum absolute atomic E-state index is 0.300. The third-order valence-electron chi connectivity index (χ3n) is 2.04. The molecule has 0 aliphatic heterocycles. The van der Waals surface area contributed by atoms with Gasteiger partial charge in [0, 0.05) is 29.5 Å². The Morgan fingerprint density at radius 3 is 2.71 bits per heavy atom. The third kappa shape index (κ3) is 5.45. The van der Waals surface area contributed by atoms with E-state index >= 15 is 0 Å². The molecule has 0 aromatic heterocycles. The second-order valence-corrected chi connectivity index (χ2v) is 4.32. The van der Waals surface area contributed by atoms with Crippen LogP contribution in [0.25, 0.3) is 0 Å². The molecule has 0 heterocycles. The molecule has 1 rings (SSSR count). The number of hydrogen-bond acceptors (Lipinski definition) is 4. The molecule has 0 unspecified atom stereocenters. The third-order valence-corrected chi connectivity index (χ3v) is 3.10. The molecule has 0 aliphatic carbocycles. The first-order valence-electron chi connectivity index (χ1n) is 5.49. The molecule has 0 radical (unpaired) electrons. The molecule has 17 heavy (non-hydrogen) atoms. The van der Waals surface area contributed by atoms with Crippen LogP contribution in [0.4, 0.5) is 0 Å². The van der Waals surface area contributed by atoms with E-state index in [1.54, 1.807) is 25.7 Å². The number of benzene rings is 1. The molecule has 0 aliphatic rings. The molecule has 1 aromatic carbocycles. The summed E-state index contributed by atoms with van der Waals surface area (Å²) < 4.78 is 4.86. The Balaban J connectivity index is 2.50. The van der Waals surface area contributed by atoms with Crippen molar-refractivity contribution in [3.05, 3.63) is 42.1 Å². The highest BCUT2D eigenvalue weighted by atomic mass is 32.2. The van der Waals surface area contributed by atoms with Gasteiger partial charge in [0.15, 0.2) is 0 Å². The van der Waals surface area contributed by atoms with Crippen LogP contribution >= 0.6 is 11.8 Å². The summed E-state index contributed by atoms with van der Waals surface area (Å²) in [6.07, 6.45) is 1.50. The Hall–Kier alpha value is -1.42. The van der Waals surface area contributed by atoms with Crippen LogP contribution in [0.15, 0.2) is 47.0 Å². The average Bonchev–Trinajstić information content (AvgIpc) is 2.36. The van der Waals surface area contributed by atoms with Crippen molar-refractivity contribution in [2.75, 3.05) is 19.4 Å². The second kappa shape index (κ2) is 7.79. The Morgan fingerprint density at radius 2 is 2.12 bits per heavy atom. The summed E-state index contributed by atoms with van der Waals surface area (Å²) in [5.41, 5.74) is 0.859. The molecule has 0 spiro atoms. The van der Waals surface area contributed by atoms with Gasteiger partial charge in [0.2, 0.25) is 0 Å². The van der Waals surface area contributed by atoms with Crippen molar-refractivity contribution in [2.45, 2.75) is 11.8 Å². The molecule has 0 saturated carbocycles. The summed E-state index contributed by atoms with van der Waals surface area (Å²) >= 11 is 1.67. The molecular weight excluding hydrogens is 234 g/mol. The standard InChI is InChI=1S/C13H17NO2S/c1-3-16-13(15)9-11(14-2)10-17-12-7-5-4-6-8-12/h4-9,14H,3,10H2,1-2H3. The van der Waals surface area contributed by atoms with Crippen molar-refractivity contribution in [1.29, 1.82) is 0 Å². The normalized spacial score (nSPS) is 11.1. The maximum Gasteiger partial charge on any atom is 0.332 e. The highest BCUT2D eigenvalue weighted by molar-refractivity contribution is 7.99. The minimum atomic E-state index is -0.300. The van der Waals surface area contributed by atoms with Crippen molar-refractivity contribution >= 4 is 17.7 Å². The van der Waals surface area contributed by atoms with E-state index in [0.717, 1.165) is 11.4 Å². The quantitative estimate of drug-likeness (QED) is 0.479. The van der Waals surface area contributed by atoms with E-state index in [1.807, 2.05) is 30.3 Å². The predicted molar refractivity (Wildman–Crippen MR) is 70.9 cm³/mol. The van der Waals surface area contributed by atoms with Gasteiger partial charge in [0.1, 0.15) is 0 Å².